The third-order valence-corrected chi connectivity index (χ3v) is 6.00. The smallest absolute Gasteiger partial charge is 0.263 e. The highest BCUT2D eigenvalue weighted by Gasteiger charge is 2.32. The van der Waals surface area contributed by atoms with Crippen molar-refractivity contribution in [2.75, 3.05) is 0 Å². The lowest BCUT2D eigenvalue weighted by Crippen LogP contribution is -2.37. The molecule has 1 amide bonds. The first kappa shape index (κ1) is 20.1. The molecule has 0 fully saturated rings. The van der Waals surface area contributed by atoms with E-state index in [0.717, 1.165) is 5.56 Å². The van der Waals surface area contributed by atoms with Crippen molar-refractivity contribution in [2.45, 2.75) is 44.2 Å². The molecule has 148 valence electrons. The zero-order valence-electron chi connectivity index (χ0n) is 16.2. The van der Waals surface area contributed by atoms with Gasteiger partial charge in [0.1, 0.15) is 11.9 Å². The molecule has 0 radical (unpaired) electrons. The van der Waals surface area contributed by atoms with Crippen LogP contribution in [0.25, 0.3) is 0 Å². The van der Waals surface area contributed by atoms with Crippen LogP contribution in [-0.2, 0) is 14.8 Å². The molecular weight excluding hydrogens is 374 g/mol. The summed E-state index contributed by atoms with van der Waals surface area (Å²) in [7, 11) is -3.63. The van der Waals surface area contributed by atoms with Crippen LogP contribution in [0.4, 0.5) is 0 Å². The fourth-order valence-corrected chi connectivity index (χ4v) is 4.42. The van der Waals surface area contributed by atoms with Gasteiger partial charge in [-0.15, -0.1) is 0 Å². The Kier molecular flexibility index (Phi) is 5.84. The standard InChI is InChI=1S/C21H25N3O3S/c1-14(2)13-18(21(25)22-15(3)16-9-5-4-6-10-16)23-20-17-11-7-8-12-19(17)28(26,27)24-20/h4-12,14-15,18H,13H2,1-3H3,(H,22,25)(H,23,24). The van der Waals surface area contributed by atoms with E-state index in [1.165, 1.54) is 6.07 Å². The number of carbonyl (C=O) groups excluding carboxylic acids is 1. The first-order valence-corrected chi connectivity index (χ1v) is 10.8. The second-order valence-corrected chi connectivity index (χ2v) is 9.02. The van der Waals surface area contributed by atoms with Crippen molar-refractivity contribution < 1.29 is 13.2 Å². The average molecular weight is 400 g/mol. The predicted octanol–water partition coefficient (Wildman–Crippen LogP) is 3.02. The first-order valence-electron chi connectivity index (χ1n) is 9.33. The lowest BCUT2D eigenvalue weighted by Gasteiger charge is -2.20. The molecular formula is C21H25N3O3S. The number of nitrogens with zero attached hydrogens (tertiary/aromatic N) is 1. The maximum atomic E-state index is 12.9. The molecule has 0 saturated carbocycles. The van der Waals surface area contributed by atoms with Gasteiger partial charge in [0.15, 0.2) is 0 Å². The molecule has 2 aromatic rings. The molecule has 0 saturated heterocycles. The normalized spacial score (nSPS) is 18.4. The fraction of sp³-hybridized carbons (Fsp3) is 0.333. The summed E-state index contributed by atoms with van der Waals surface area (Å²) in [5.41, 5.74) is 1.50. The highest BCUT2D eigenvalue weighted by Crippen LogP contribution is 2.23. The minimum absolute atomic E-state index is 0.170. The van der Waals surface area contributed by atoms with Crippen LogP contribution in [0.5, 0.6) is 0 Å². The summed E-state index contributed by atoms with van der Waals surface area (Å²) in [5.74, 6) is 0.227. The molecule has 7 heteroatoms. The summed E-state index contributed by atoms with van der Waals surface area (Å²) in [6, 6.07) is 15.5. The van der Waals surface area contributed by atoms with Crippen molar-refractivity contribution in [1.29, 1.82) is 0 Å². The number of carbonyl (C=O) groups is 1. The molecule has 0 aliphatic carbocycles. The maximum absolute atomic E-state index is 12.9. The summed E-state index contributed by atoms with van der Waals surface area (Å²) in [6.45, 7) is 5.93. The van der Waals surface area contributed by atoms with Gasteiger partial charge in [-0.3, -0.25) is 14.5 Å². The lowest BCUT2D eigenvalue weighted by atomic mass is 10.0. The van der Waals surface area contributed by atoms with E-state index in [4.69, 9.17) is 0 Å². The molecule has 1 aliphatic rings. The largest absolute Gasteiger partial charge is 0.348 e. The van der Waals surface area contributed by atoms with Crippen LogP contribution in [0.1, 0.15) is 44.4 Å². The SMILES string of the molecule is CC(C)CC(N=C1NS(=O)(=O)c2ccccc21)C(=O)NC(C)c1ccccc1. The van der Waals surface area contributed by atoms with Gasteiger partial charge in [0.05, 0.1) is 10.9 Å². The van der Waals surface area contributed by atoms with E-state index in [0.29, 0.717) is 12.0 Å². The van der Waals surface area contributed by atoms with E-state index in [1.807, 2.05) is 51.1 Å². The van der Waals surface area contributed by atoms with Gasteiger partial charge in [-0.05, 0) is 37.0 Å². The van der Waals surface area contributed by atoms with Gasteiger partial charge in [-0.1, -0.05) is 56.3 Å². The number of hydrogen-bond donors (Lipinski definition) is 2. The van der Waals surface area contributed by atoms with E-state index in [2.05, 4.69) is 15.0 Å². The molecule has 1 aliphatic heterocycles. The van der Waals surface area contributed by atoms with Crippen molar-refractivity contribution in [3.05, 3.63) is 65.7 Å². The highest BCUT2D eigenvalue weighted by atomic mass is 32.2. The number of fused-ring (bicyclic) bond motifs is 1. The van der Waals surface area contributed by atoms with Crippen LogP contribution in [0.3, 0.4) is 0 Å². The zero-order chi connectivity index (χ0) is 20.3. The number of sulfonamides is 1. The van der Waals surface area contributed by atoms with Gasteiger partial charge < -0.3 is 5.32 Å². The third kappa shape index (κ3) is 4.42. The summed E-state index contributed by atoms with van der Waals surface area (Å²) in [6.07, 6.45) is 0.515. The van der Waals surface area contributed by atoms with Gasteiger partial charge in [-0.2, -0.15) is 0 Å². The molecule has 28 heavy (non-hydrogen) atoms. The molecule has 2 N–H and O–H groups in total. The predicted molar refractivity (Wildman–Crippen MR) is 110 cm³/mol. The summed E-state index contributed by atoms with van der Waals surface area (Å²) in [5, 5.41) is 3.00. The lowest BCUT2D eigenvalue weighted by molar-refractivity contribution is -0.123. The van der Waals surface area contributed by atoms with Gasteiger partial charge in [0, 0.05) is 5.56 Å². The van der Waals surface area contributed by atoms with E-state index < -0.39 is 16.1 Å². The van der Waals surface area contributed by atoms with Crippen molar-refractivity contribution in [3.8, 4) is 0 Å². The van der Waals surface area contributed by atoms with Gasteiger partial charge in [-0.25, -0.2) is 8.42 Å². The van der Waals surface area contributed by atoms with Crippen LogP contribution in [-0.4, -0.2) is 26.2 Å². The summed E-state index contributed by atoms with van der Waals surface area (Å²) >= 11 is 0. The first-order chi connectivity index (χ1) is 13.3. The van der Waals surface area contributed by atoms with E-state index in [-0.39, 0.29) is 28.6 Å². The monoisotopic (exact) mass is 399 g/mol. The van der Waals surface area contributed by atoms with Crippen molar-refractivity contribution in [1.82, 2.24) is 10.0 Å². The van der Waals surface area contributed by atoms with Crippen molar-refractivity contribution in [2.24, 2.45) is 10.9 Å². The number of benzene rings is 2. The van der Waals surface area contributed by atoms with Gasteiger partial charge >= 0.3 is 0 Å². The van der Waals surface area contributed by atoms with E-state index >= 15 is 0 Å². The quantitative estimate of drug-likeness (QED) is 0.783. The third-order valence-electron chi connectivity index (χ3n) is 4.60. The Hall–Kier alpha value is -2.67. The Bertz CT molecular complexity index is 985. The number of amidine groups is 1. The highest BCUT2D eigenvalue weighted by molar-refractivity contribution is 7.90. The Balaban J connectivity index is 1.87. The molecule has 6 nitrogen and oxygen atoms in total. The zero-order valence-corrected chi connectivity index (χ0v) is 17.0. The van der Waals surface area contributed by atoms with Crippen molar-refractivity contribution in [3.63, 3.8) is 0 Å². The number of hydrogen-bond acceptors (Lipinski definition) is 4. The fourth-order valence-electron chi connectivity index (χ4n) is 3.19. The molecule has 2 aromatic carbocycles. The van der Waals surface area contributed by atoms with Crippen LogP contribution >= 0.6 is 0 Å². The van der Waals surface area contributed by atoms with Crippen LogP contribution in [0, 0.1) is 5.92 Å². The van der Waals surface area contributed by atoms with Crippen LogP contribution in [0.15, 0.2) is 64.5 Å². The van der Waals surface area contributed by atoms with Gasteiger partial charge in [0.25, 0.3) is 10.0 Å². The molecule has 3 rings (SSSR count). The molecule has 2 unspecified atom stereocenters. The number of amides is 1. The second kappa shape index (κ2) is 8.14. The Morgan fingerprint density at radius 1 is 1.04 bits per heavy atom. The molecule has 0 bridgehead atoms. The molecule has 0 aromatic heterocycles. The van der Waals surface area contributed by atoms with Gasteiger partial charge in [0.2, 0.25) is 5.91 Å². The molecule has 0 spiro atoms. The minimum atomic E-state index is -3.63. The minimum Gasteiger partial charge on any atom is -0.348 e. The molecule has 1 heterocycles. The number of aliphatic imine (C=N–C) groups is 1. The van der Waals surface area contributed by atoms with Crippen molar-refractivity contribution >= 4 is 21.8 Å². The van der Waals surface area contributed by atoms with Crippen LogP contribution in [0.2, 0.25) is 0 Å². The number of nitrogens with one attached hydrogen (secondary N) is 2. The van der Waals surface area contributed by atoms with E-state index in [1.54, 1.807) is 18.2 Å². The Morgan fingerprint density at radius 2 is 1.68 bits per heavy atom. The Labute approximate surface area is 166 Å². The number of rotatable bonds is 6. The molecule has 2 atom stereocenters. The average Bonchev–Trinajstić information content (AvgIpc) is 2.92. The maximum Gasteiger partial charge on any atom is 0.263 e. The second-order valence-electron chi connectivity index (χ2n) is 7.37. The van der Waals surface area contributed by atoms with E-state index in [9.17, 15) is 13.2 Å². The van der Waals surface area contributed by atoms with Crippen LogP contribution < -0.4 is 10.0 Å². The Morgan fingerprint density at radius 3 is 2.36 bits per heavy atom. The summed E-state index contributed by atoms with van der Waals surface area (Å²) < 4.78 is 27.1. The topological polar surface area (TPSA) is 87.6 Å². The summed E-state index contributed by atoms with van der Waals surface area (Å²) in [4.78, 5) is 17.6.